The Kier molecular flexibility index (Phi) is 4.21. The van der Waals surface area contributed by atoms with Crippen molar-refractivity contribution >= 4 is 33.8 Å². The van der Waals surface area contributed by atoms with Gasteiger partial charge in [-0.3, -0.25) is 0 Å². The summed E-state index contributed by atoms with van der Waals surface area (Å²) in [7, 11) is 1.62. The molecule has 1 unspecified atom stereocenters. The van der Waals surface area contributed by atoms with Crippen LogP contribution in [-0.4, -0.2) is 39.4 Å². The first-order valence-electron chi connectivity index (χ1n) is 9.67. The van der Waals surface area contributed by atoms with Crippen LogP contribution in [0.1, 0.15) is 12.8 Å². The number of aromatic nitrogens is 3. The van der Waals surface area contributed by atoms with E-state index in [1.807, 2.05) is 30.6 Å². The molecule has 0 aliphatic carbocycles. The molecule has 4 heterocycles. The van der Waals surface area contributed by atoms with Gasteiger partial charge in [0.05, 0.1) is 35.6 Å². The van der Waals surface area contributed by atoms with E-state index in [0.717, 1.165) is 58.1 Å². The van der Waals surface area contributed by atoms with E-state index in [2.05, 4.69) is 50.0 Å². The third kappa shape index (κ3) is 3.01. The lowest BCUT2D eigenvalue weighted by Crippen LogP contribution is -2.20. The SMILES string of the molecule is COc1ccc2cc(-c3cnc4[nH]ccc4c3[N+]3=CCC(C#N)CC3)ccc2n1. The molecule has 0 saturated carbocycles. The molecule has 3 aromatic heterocycles. The van der Waals surface area contributed by atoms with Crippen LogP contribution in [0, 0.1) is 17.2 Å². The number of fused-ring (bicyclic) bond motifs is 2. The molecule has 0 fully saturated rings. The van der Waals surface area contributed by atoms with Gasteiger partial charge in [0.15, 0.2) is 0 Å². The minimum atomic E-state index is 0.0972. The Hall–Kier alpha value is -3.72. The molecule has 1 N–H and O–H groups in total. The van der Waals surface area contributed by atoms with Gasteiger partial charge in [0.1, 0.15) is 18.4 Å². The van der Waals surface area contributed by atoms with Crippen LogP contribution in [0.5, 0.6) is 5.88 Å². The van der Waals surface area contributed by atoms with Crippen molar-refractivity contribution in [2.75, 3.05) is 13.7 Å². The van der Waals surface area contributed by atoms with Gasteiger partial charge in [0, 0.05) is 36.7 Å². The molecule has 29 heavy (non-hydrogen) atoms. The predicted octanol–water partition coefficient (Wildman–Crippen LogP) is 4.44. The molecule has 1 aliphatic heterocycles. The molecule has 1 aliphatic rings. The van der Waals surface area contributed by atoms with Crippen molar-refractivity contribution in [3.8, 4) is 23.1 Å². The largest absolute Gasteiger partial charge is 0.481 e. The van der Waals surface area contributed by atoms with E-state index >= 15 is 0 Å². The van der Waals surface area contributed by atoms with E-state index in [9.17, 15) is 5.26 Å². The third-order valence-corrected chi connectivity index (χ3v) is 5.54. The molecular weight excluding hydrogens is 362 g/mol. The van der Waals surface area contributed by atoms with Gasteiger partial charge in [-0.25, -0.2) is 14.5 Å². The summed E-state index contributed by atoms with van der Waals surface area (Å²) in [6.45, 7) is 0.821. The number of nitrogens with one attached hydrogen (secondary N) is 1. The minimum Gasteiger partial charge on any atom is -0.481 e. The summed E-state index contributed by atoms with van der Waals surface area (Å²) in [6, 6.07) is 14.6. The first kappa shape index (κ1) is 17.4. The van der Waals surface area contributed by atoms with E-state index in [0.29, 0.717) is 5.88 Å². The fourth-order valence-corrected chi connectivity index (χ4v) is 3.98. The lowest BCUT2D eigenvalue weighted by Gasteiger charge is -2.15. The number of nitriles is 1. The highest BCUT2D eigenvalue weighted by atomic mass is 16.5. The monoisotopic (exact) mass is 382 g/mol. The van der Waals surface area contributed by atoms with Crippen LogP contribution in [0.3, 0.4) is 0 Å². The van der Waals surface area contributed by atoms with Crippen molar-refractivity contribution in [3.63, 3.8) is 0 Å². The fraction of sp³-hybridized carbons (Fsp3) is 0.217. The molecule has 5 rings (SSSR count). The van der Waals surface area contributed by atoms with Gasteiger partial charge >= 0.3 is 0 Å². The molecule has 6 nitrogen and oxygen atoms in total. The van der Waals surface area contributed by atoms with E-state index < -0.39 is 0 Å². The van der Waals surface area contributed by atoms with Crippen LogP contribution in [-0.2, 0) is 0 Å². The quantitative estimate of drug-likeness (QED) is 0.532. The lowest BCUT2D eigenvalue weighted by molar-refractivity contribution is -0.441. The second-order valence-corrected chi connectivity index (χ2v) is 7.25. The van der Waals surface area contributed by atoms with Crippen molar-refractivity contribution < 1.29 is 9.31 Å². The Labute approximate surface area is 168 Å². The molecule has 6 heteroatoms. The Balaban J connectivity index is 1.68. The summed E-state index contributed by atoms with van der Waals surface area (Å²) in [5.74, 6) is 0.705. The maximum atomic E-state index is 9.24. The van der Waals surface area contributed by atoms with Crippen molar-refractivity contribution in [2.24, 2.45) is 5.92 Å². The predicted molar refractivity (Wildman–Crippen MR) is 113 cm³/mol. The minimum absolute atomic E-state index is 0.0972. The number of methoxy groups -OCH3 is 1. The van der Waals surface area contributed by atoms with E-state index in [1.54, 1.807) is 7.11 Å². The van der Waals surface area contributed by atoms with Crippen molar-refractivity contribution in [3.05, 3.63) is 48.8 Å². The average molecular weight is 382 g/mol. The van der Waals surface area contributed by atoms with Gasteiger partial charge in [-0.1, -0.05) is 6.07 Å². The zero-order chi connectivity index (χ0) is 19.8. The highest BCUT2D eigenvalue weighted by Crippen LogP contribution is 2.37. The zero-order valence-corrected chi connectivity index (χ0v) is 16.1. The average Bonchev–Trinajstić information content (AvgIpc) is 3.26. The van der Waals surface area contributed by atoms with Gasteiger partial charge in [-0.2, -0.15) is 5.26 Å². The molecule has 0 amide bonds. The van der Waals surface area contributed by atoms with Gasteiger partial charge < -0.3 is 9.72 Å². The fourth-order valence-electron chi connectivity index (χ4n) is 3.98. The number of hydrogen-bond donors (Lipinski definition) is 1. The molecule has 142 valence electrons. The lowest BCUT2D eigenvalue weighted by atomic mass is 9.98. The summed E-state index contributed by atoms with van der Waals surface area (Å²) in [4.78, 5) is 12.3. The molecule has 0 radical (unpaired) electrons. The number of H-pyrrole nitrogens is 1. The Morgan fingerprint density at radius 1 is 1.24 bits per heavy atom. The Morgan fingerprint density at radius 3 is 2.97 bits per heavy atom. The number of ether oxygens (including phenoxy) is 1. The standard InChI is InChI=1S/C23H20N5O/c1-29-21-5-3-17-12-16(2-4-20(17)27-21)19-14-26-23-18(6-9-25-23)22(19)28-10-7-15(13-24)8-11-28/h2-6,9-10,12,14-15H,7-8,11H2,1H3,(H,25,26)/q+1. The molecule has 1 aromatic carbocycles. The maximum absolute atomic E-state index is 9.24. The van der Waals surface area contributed by atoms with Crippen molar-refractivity contribution in [2.45, 2.75) is 12.8 Å². The highest BCUT2D eigenvalue weighted by molar-refractivity contribution is 5.96. The van der Waals surface area contributed by atoms with Gasteiger partial charge in [-0.05, 0) is 29.8 Å². The number of hydrogen-bond acceptors (Lipinski definition) is 4. The van der Waals surface area contributed by atoms with Crippen molar-refractivity contribution in [1.29, 1.82) is 5.26 Å². The van der Waals surface area contributed by atoms with Crippen LogP contribution in [0.4, 0.5) is 5.69 Å². The van der Waals surface area contributed by atoms with E-state index in [1.165, 1.54) is 0 Å². The van der Waals surface area contributed by atoms with Gasteiger partial charge in [0.25, 0.3) is 0 Å². The zero-order valence-electron chi connectivity index (χ0n) is 16.1. The number of pyridine rings is 2. The van der Waals surface area contributed by atoms with E-state index in [-0.39, 0.29) is 5.92 Å². The number of nitrogens with zero attached hydrogens (tertiary/aromatic N) is 4. The molecule has 0 spiro atoms. The molecule has 0 bridgehead atoms. The summed E-state index contributed by atoms with van der Waals surface area (Å²) in [5.41, 5.74) is 5.05. The molecule has 0 saturated heterocycles. The summed E-state index contributed by atoms with van der Waals surface area (Å²) < 4.78 is 7.51. The maximum Gasteiger partial charge on any atom is 0.225 e. The summed E-state index contributed by atoms with van der Waals surface area (Å²) >= 11 is 0. The number of rotatable bonds is 3. The smallest absolute Gasteiger partial charge is 0.225 e. The second-order valence-electron chi connectivity index (χ2n) is 7.25. The van der Waals surface area contributed by atoms with Crippen LogP contribution in [0.25, 0.3) is 33.1 Å². The van der Waals surface area contributed by atoms with Crippen LogP contribution in [0.2, 0.25) is 0 Å². The van der Waals surface area contributed by atoms with E-state index in [4.69, 9.17) is 4.74 Å². The normalized spacial score (nSPS) is 16.6. The number of aromatic amines is 1. The summed E-state index contributed by atoms with van der Waals surface area (Å²) in [6.07, 6.45) is 7.63. The first-order valence-corrected chi connectivity index (χ1v) is 9.67. The van der Waals surface area contributed by atoms with Crippen LogP contribution in [0.15, 0.2) is 48.8 Å². The van der Waals surface area contributed by atoms with Gasteiger partial charge in [0.2, 0.25) is 11.6 Å². The van der Waals surface area contributed by atoms with Crippen LogP contribution >= 0.6 is 0 Å². The second kappa shape index (κ2) is 7.02. The van der Waals surface area contributed by atoms with Crippen molar-refractivity contribution in [1.82, 2.24) is 15.0 Å². The molecule has 4 aromatic rings. The highest BCUT2D eigenvalue weighted by Gasteiger charge is 2.26. The Bertz CT molecular complexity index is 1300. The Morgan fingerprint density at radius 2 is 2.17 bits per heavy atom. The topological polar surface area (TPSA) is 77.6 Å². The first-order chi connectivity index (χ1) is 14.3. The van der Waals surface area contributed by atoms with Gasteiger partial charge in [-0.15, -0.1) is 0 Å². The molecule has 1 atom stereocenters. The number of benzene rings is 1. The third-order valence-electron chi connectivity index (χ3n) is 5.54. The molecular formula is C23H20N5O+. The van der Waals surface area contributed by atoms with Crippen LogP contribution < -0.4 is 4.74 Å². The summed E-state index contributed by atoms with van der Waals surface area (Å²) in [5, 5.41) is 11.4.